The Morgan fingerprint density at radius 3 is 1.75 bits per heavy atom. The third kappa shape index (κ3) is 15.9. The number of alkyl halides is 2. The van der Waals surface area contributed by atoms with Crippen LogP contribution in [0.1, 0.15) is 0 Å². The molecule has 0 nitrogen and oxygen atoms in total. The average molecular weight is 149 g/mol. The van der Waals surface area contributed by atoms with Crippen LogP contribution < -0.4 is 0 Å². The Balaban J connectivity index is 0. The maximum Gasteiger partial charge on any atom is 0.0778 e. The van der Waals surface area contributed by atoms with E-state index in [1.807, 2.05) is 0 Å². The summed E-state index contributed by atoms with van der Waals surface area (Å²) in [5, 5.41) is 0. The summed E-state index contributed by atoms with van der Waals surface area (Å²) in [4.78, 5) is 0.535. The second-order valence-electron chi connectivity index (χ2n) is 0.101. The average Bonchev–Trinajstić information content (AvgIpc) is 0.918. The minimum absolute atomic E-state index is 0. The molecule has 0 N–H and O–H groups in total. The summed E-state index contributed by atoms with van der Waals surface area (Å²) in [5.41, 5.74) is 0. The molecule has 0 rings (SSSR count). The summed E-state index contributed by atoms with van der Waals surface area (Å²) in [6.45, 7) is 0. The SMILES string of the molecule is ClCBr.F. The Morgan fingerprint density at radius 2 is 1.75 bits per heavy atom. The molecule has 0 aromatic carbocycles. The van der Waals surface area contributed by atoms with Crippen molar-refractivity contribution < 1.29 is 4.70 Å². The molecule has 28 valence electrons. The van der Waals surface area contributed by atoms with Crippen LogP contribution in [0.4, 0.5) is 4.70 Å². The topological polar surface area (TPSA) is 0 Å². The zero-order valence-electron chi connectivity index (χ0n) is 1.87. The smallest absolute Gasteiger partial charge is 0.0778 e. The molecule has 0 heterocycles. The highest BCUT2D eigenvalue weighted by atomic mass is 79.9. The summed E-state index contributed by atoms with van der Waals surface area (Å²) in [6, 6.07) is 0. The van der Waals surface area contributed by atoms with Gasteiger partial charge < -0.3 is 0 Å². The minimum atomic E-state index is 0. The van der Waals surface area contributed by atoms with Gasteiger partial charge in [0.15, 0.2) is 0 Å². The van der Waals surface area contributed by atoms with Crippen molar-refractivity contribution in [3.63, 3.8) is 0 Å². The molecule has 0 aliphatic heterocycles. The first-order valence-corrected chi connectivity index (χ1v) is 2.19. The Labute approximate surface area is 37.6 Å². The lowest BCUT2D eigenvalue weighted by atomic mass is 12.0. The van der Waals surface area contributed by atoms with Crippen LogP contribution in [0.25, 0.3) is 0 Å². The largest absolute Gasteiger partial charge is 0.269 e. The second kappa shape index (κ2) is 9.33. The fraction of sp³-hybridized carbons (Fsp3) is 1.00. The van der Waals surface area contributed by atoms with E-state index in [4.69, 9.17) is 11.6 Å². The van der Waals surface area contributed by atoms with E-state index in [-0.39, 0.29) is 4.70 Å². The standard InChI is InChI=1S/CH2BrCl.FH/c2-1-3;/h1H2;1H. The van der Waals surface area contributed by atoms with Crippen LogP contribution in [-0.2, 0) is 0 Å². The monoisotopic (exact) mass is 148 g/mol. The van der Waals surface area contributed by atoms with Gasteiger partial charge in [-0.25, -0.2) is 0 Å². The molecule has 0 radical (unpaired) electrons. The molecule has 0 bridgehead atoms. The highest BCUT2D eigenvalue weighted by Gasteiger charge is 1.41. The van der Waals surface area contributed by atoms with E-state index in [9.17, 15) is 0 Å². The first-order valence-electron chi connectivity index (χ1n) is 0.535. The molecule has 0 unspecified atom stereocenters. The second-order valence-corrected chi connectivity index (χ2v) is 1.57. The highest BCUT2D eigenvalue weighted by molar-refractivity contribution is 9.09. The lowest BCUT2D eigenvalue weighted by Gasteiger charge is -1.42. The van der Waals surface area contributed by atoms with Gasteiger partial charge in [-0.3, -0.25) is 4.70 Å². The van der Waals surface area contributed by atoms with E-state index in [1.54, 1.807) is 0 Å². The van der Waals surface area contributed by atoms with Crippen molar-refractivity contribution in [1.82, 2.24) is 0 Å². The van der Waals surface area contributed by atoms with Crippen LogP contribution in [0.2, 0.25) is 0 Å². The lowest BCUT2D eigenvalue weighted by molar-refractivity contribution is 1.11. The van der Waals surface area contributed by atoms with Gasteiger partial charge in [-0.15, -0.1) is 11.6 Å². The molecule has 0 saturated heterocycles. The highest BCUT2D eigenvalue weighted by Crippen LogP contribution is 1.78. The molecule has 0 saturated carbocycles. The van der Waals surface area contributed by atoms with E-state index >= 15 is 0 Å². The molecule has 3 heteroatoms. The maximum atomic E-state index is 4.92. The Bertz CT molecular complexity index is 8.00. The van der Waals surface area contributed by atoms with Crippen LogP contribution in [0.5, 0.6) is 0 Å². The van der Waals surface area contributed by atoms with Crippen LogP contribution >= 0.6 is 27.5 Å². The fourth-order valence-corrected chi connectivity index (χ4v) is 0. The third-order valence-electron chi connectivity index (χ3n) is 0. The molecular weight excluding hydrogens is 146 g/mol. The molecule has 4 heavy (non-hydrogen) atoms. The van der Waals surface area contributed by atoms with E-state index in [1.165, 1.54) is 0 Å². The zero-order valence-corrected chi connectivity index (χ0v) is 4.21. The minimum Gasteiger partial charge on any atom is -0.269 e. The summed E-state index contributed by atoms with van der Waals surface area (Å²) in [6.07, 6.45) is 0. The molecule has 0 aliphatic carbocycles. The normalized spacial score (nSPS) is 4.50. The lowest BCUT2D eigenvalue weighted by Crippen LogP contribution is -1.21. The molecule has 0 aliphatic rings. The van der Waals surface area contributed by atoms with Crippen LogP contribution in [0.15, 0.2) is 0 Å². The summed E-state index contributed by atoms with van der Waals surface area (Å²) >= 11 is 7.83. The van der Waals surface area contributed by atoms with Gasteiger partial charge in [0.25, 0.3) is 0 Å². The van der Waals surface area contributed by atoms with Crippen LogP contribution in [-0.4, -0.2) is 4.79 Å². The van der Waals surface area contributed by atoms with Crippen molar-refractivity contribution >= 4 is 27.5 Å². The first-order chi connectivity index (χ1) is 1.41. The predicted octanol–water partition coefficient (Wildman–Crippen LogP) is 1.73. The van der Waals surface area contributed by atoms with Crippen LogP contribution in [0, 0.1) is 0 Å². The van der Waals surface area contributed by atoms with Crippen molar-refractivity contribution in [1.29, 1.82) is 0 Å². The Morgan fingerprint density at radius 1 is 1.75 bits per heavy atom. The summed E-state index contributed by atoms with van der Waals surface area (Å²) < 4.78 is 0. The van der Waals surface area contributed by atoms with Gasteiger partial charge in [0.1, 0.15) is 0 Å². The van der Waals surface area contributed by atoms with Crippen molar-refractivity contribution in [2.24, 2.45) is 0 Å². The van der Waals surface area contributed by atoms with Gasteiger partial charge >= 0.3 is 0 Å². The van der Waals surface area contributed by atoms with E-state index in [0.29, 0.717) is 4.79 Å². The molecule has 0 atom stereocenters. The van der Waals surface area contributed by atoms with Crippen molar-refractivity contribution in [2.75, 3.05) is 4.79 Å². The number of halogens is 3. The first kappa shape index (κ1) is 8.83. The van der Waals surface area contributed by atoms with Gasteiger partial charge in [0.05, 0.1) is 4.79 Å². The molecule has 0 aromatic rings. The predicted molar refractivity (Wildman–Crippen MR) is 22.1 cm³/mol. The number of hydrogen-bond donors (Lipinski definition) is 0. The molecule has 0 spiro atoms. The van der Waals surface area contributed by atoms with E-state index < -0.39 is 0 Å². The quantitative estimate of drug-likeness (QED) is 0.460. The summed E-state index contributed by atoms with van der Waals surface area (Å²) in [7, 11) is 0. The van der Waals surface area contributed by atoms with Crippen molar-refractivity contribution in [2.45, 2.75) is 0 Å². The molecule has 0 aromatic heterocycles. The van der Waals surface area contributed by atoms with Gasteiger partial charge in [-0.2, -0.15) is 0 Å². The Kier molecular flexibility index (Phi) is 20.6. The maximum absolute atomic E-state index is 4.92. The van der Waals surface area contributed by atoms with Gasteiger partial charge in [-0.05, 0) is 0 Å². The number of rotatable bonds is 0. The molecule has 0 amide bonds. The van der Waals surface area contributed by atoms with Gasteiger partial charge in [0.2, 0.25) is 0 Å². The van der Waals surface area contributed by atoms with Gasteiger partial charge in [0, 0.05) is 0 Å². The fourth-order valence-electron chi connectivity index (χ4n) is 0. The zero-order chi connectivity index (χ0) is 2.71. The van der Waals surface area contributed by atoms with Crippen LogP contribution in [0.3, 0.4) is 0 Å². The van der Waals surface area contributed by atoms with Crippen molar-refractivity contribution in [3.8, 4) is 0 Å². The number of hydrogen-bond acceptors (Lipinski definition) is 0. The Hall–Kier alpha value is 0.700. The van der Waals surface area contributed by atoms with E-state index in [2.05, 4.69) is 15.9 Å². The molecule has 0 fully saturated rings. The van der Waals surface area contributed by atoms with E-state index in [0.717, 1.165) is 0 Å². The molecular formula is CH3BrClF. The van der Waals surface area contributed by atoms with Gasteiger partial charge in [-0.1, -0.05) is 15.9 Å². The van der Waals surface area contributed by atoms with Crippen molar-refractivity contribution in [3.05, 3.63) is 0 Å². The summed E-state index contributed by atoms with van der Waals surface area (Å²) in [5.74, 6) is 0. The third-order valence-corrected chi connectivity index (χ3v) is 0.